The van der Waals surface area contributed by atoms with E-state index in [-0.39, 0.29) is 12.3 Å². The van der Waals surface area contributed by atoms with E-state index in [1.807, 2.05) is 13.8 Å². The molecule has 7 nitrogen and oxygen atoms in total. The van der Waals surface area contributed by atoms with Crippen LogP contribution in [-0.2, 0) is 4.79 Å². The Bertz CT molecular complexity index is 423. The van der Waals surface area contributed by atoms with Crippen LogP contribution < -0.4 is 10.6 Å². The monoisotopic (exact) mass is 298 g/mol. The second kappa shape index (κ2) is 7.10. The Morgan fingerprint density at radius 1 is 1.00 bits per heavy atom. The van der Waals surface area contributed by atoms with Crippen molar-refractivity contribution in [3.63, 3.8) is 0 Å². The van der Waals surface area contributed by atoms with E-state index in [2.05, 4.69) is 27.5 Å². The molecular weight excluding hydrogens is 272 g/mol. The SMILES string of the molecule is C=C(CC(=O)NC(C)(C)/C(C)=N/O)NC(C)(C)/C(C)=N/O. The zero-order valence-corrected chi connectivity index (χ0v) is 13.6. The second-order valence-electron chi connectivity index (χ2n) is 6.07. The number of carbonyl (C=O) groups excluding carboxylic acids is 1. The molecule has 120 valence electrons. The number of hydrogen-bond acceptors (Lipinski definition) is 6. The Labute approximate surface area is 125 Å². The summed E-state index contributed by atoms with van der Waals surface area (Å²) in [6.45, 7) is 14.2. The molecule has 0 saturated heterocycles. The normalized spacial score (nSPS) is 13.8. The van der Waals surface area contributed by atoms with E-state index in [4.69, 9.17) is 10.4 Å². The van der Waals surface area contributed by atoms with Gasteiger partial charge in [-0.1, -0.05) is 16.9 Å². The van der Waals surface area contributed by atoms with Gasteiger partial charge in [-0.15, -0.1) is 0 Å². The summed E-state index contributed by atoms with van der Waals surface area (Å²) in [7, 11) is 0. The van der Waals surface area contributed by atoms with Crippen molar-refractivity contribution in [3.05, 3.63) is 12.3 Å². The maximum Gasteiger partial charge on any atom is 0.226 e. The van der Waals surface area contributed by atoms with Crippen LogP contribution in [-0.4, -0.2) is 38.8 Å². The van der Waals surface area contributed by atoms with Gasteiger partial charge in [-0.25, -0.2) is 0 Å². The summed E-state index contributed by atoms with van der Waals surface area (Å²) < 4.78 is 0. The smallest absolute Gasteiger partial charge is 0.226 e. The van der Waals surface area contributed by atoms with E-state index < -0.39 is 11.1 Å². The summed E-state index contributed by atoms with van der Waals surface area (Å²) >= 11 is 0. The molecule has 21 heavy (non-hydrogen) atoms. The average molecular weight is 298 g/mol. The Morgan fingerprint density at radius 3 is 1.76 bits per heavy atom. The van der Waals surface area contributed by atoms with Crippen LogP contribution in [0.2, 0.25) is 0 Å². The van der Waals surface area contributed by atoms with E-state index in [9.17, 15) is 4.79 Å². The lowest BCUT2D eigenvalue weighted by molar-refractivity contribution is -0.121. The molecule has 0 aromatic rings. The predicted molar refractivity (Wildman–Crippen MR) is 83.0 cm³/mol. The topological polar surface area (TPSA) is 106 Å². The molecule has 0 bridgehead atoms. The van der Waals surface area contributed by atoms with Gasteiger partial charge in [0.25, 0.3) is 0 Å². The zero-order valence-electron chi connectivity index (χ0n) is 13.6. The van der Waals surface area contributed by atoms with Gasteiger partial charge in [0.2, 0.25) is 5.91 Å². The van der Waals surface area contributed by atoms with E-state index >= 15 is 0 Å². The van der Waals surface area contributed by atoms with Gasteiger partial charge in [0.1, 0.15) is 0 Å². The minimum absolute atomic E-state index is 0.0598. The van der Waals surface area contributed by atoms with E-state index in [0.717, 1.165) is 0 Å². The van der Waals surface area contributed by atoms with Crippen molar-refractivity contribution in [2.75, 3.05) is 0 Å². The first-order valence-electron chi connectivity index (χ1n) is 6.61. The number of carbonyl (C=O) groups is 1. The highest BCUT2D eigenvalue weighted by atomic mass is 16.4. The summed E-state index contributed by atoms with van der Waals surface area (Å²) in [5.74, 6) is -0.255. The van der Waals surface area contributed by atoms with Gasteiger partial charge in [-0.3, -0.25) is 4.79 Å². The maximum absolute atomic E-state index is 12.0. The van der Waals surface area contributed by atoms with Gasteiger partial charge >= 0.3 is 0 Å². The van der Waals surface area contributed by atoms with E-state index in [1.165, 1.54) is 0 Å². The molecule has 0 spiro atoms. The molecular formula is C14H26N4O3. The highest BCUT2D eigenvalue weighted by Crippen LogP contribution is 2.11. The third kappa shape index (κ3) is 5.85. The fourth-order valence-corrected chi connectivity index (χ4v) is 1.50. The molecule has 0 aliphatic rings. The summed E-state index contributed by atoms with van der Waals surface area (Å²) in [5.41, 5.74) is 0.0225. The minimum atomic E-state index is -0.746. The highest BCUT2D eigenvalue weighted by molar-refractivity contribution is 5.94. The number of amides is 1. The van der Waals surface area contributed by atoms with Crippen molar-refractivity contribution < 1.29 is 15.2 Å². The molecule has 0 rings (SSSR count). The quantitative estimate of drug-likeness (QED) is 0.327. The largest absolute Gasteiger partial charge is 0.411 e. The van der Waals surface area contributed by atoms with Crippen LogP contribution in [0, 0.1) is 0 Å². The van der Waals surface area contributed by atoms with Crippen molar-refractivity contribution in [2.45, 2.75) is 59.0 Å². The number of nitrogens with one attached hydrogen (secondary N) is 2. The number of oxime groups is 2. The van der Waals surface area contributed by atoms with Crippen LogP contribution in [0.1, 0.15) is 48.0 Å². The number of hydrogen-bond donors (Lipinski definition) is 4. The second-order valence-corrected chi connectivity index (χ2v) is 6.07. The standard InChI is InChI=1S/C14H26N4O3/c1-9(15-13(4,5)10(2)17-20)8-12(19)16-14(6,7)11(3)18-21/h15,20-21H,1,8H2,2-7H3,(H,16,19)/b17-10+,18-11+. The van der Waals surface area contributed by atoms with Gasteiger partial charge in [0.05, 0.1) is 28.9 Å². The van der Waals surface area contributed by atoms with Crippen LogP contribution in [0.25, 0.3) is 0 Å². The lowest BCUT2D eigenvalue weighted by atomic mass is 9.98. The van der Waals surface area contributed by atoms with Gasteiger partial charge in [-0.05, 0) is 41.5 Å². The molecule has 0 unspecified atom stereocenters. The zero-order chi connectivity index (χ0) is 16.8. The molecule has 0 aliphatic carbocycles. The van der Waals surface area contributed by atoms with Crippen LogP contribution in [0.3, 0.4) is 0 Å². The maximum atomic E-state index is 12.0. The molecule has 7 heteroatoms. The van der Waals surface area contributed by atoms with Gasteiger partial charge < -0.3 is 21.0 Å². The van der Waals surface area contributed by atoms with Crippen molar-refractivity contribution >= 4 is 17.3 Å². The average Bonchev–Trinajstić information content (AvgIpc) is 2.34. The summed E-state index contributed by atoms with van der Waals surface area (Å²) in [6.07, 6.45) is 0.0598. The molecule has 4 N–H and O–H groups in total. The van der Waals surface area contributed by atoms with Gasteiger partial charge in [-0.2, -0.15) is 0 Å². The van der Waals surface area contributed by atoms with E-state index in [1.54, 1.807) is 27.7 Å². The van der Waals surface area contributed by atoms with Gasteiger partial charge in [0.15, 0.2) is 0 Å². The molecule has 1 amide bonds. The first kappa shape index (κ1) is 18.9. The van der Waals surface area contributed by atoms with Crippen molar-refractivity contribution in [3.8, 4) is 0 Å². The number of rotatable bonds is 7. The summed E-state index contributed by atoms with van der Waals surface area (Å²) in [5, 5.41) is 29.6. The van der Waals surface area contributed by atoms with Crippen molar-refractivity contribution in [1.29, 1.82) is 0 Å². The van der Waals surface area contributed by atoms with Crippen LogP contribution >= 0.6 is 0 Å². The lowest BCUT2D eigenvalue weighted by Gasteiger charge is -2.29. The number of nitrogens with zero attached hydrogens (tertiary/aromatic N) is 2. The minimum Gasteiger partial charge on any atom is -0.411 e. The molecule has 0 fully saturated rings. The van der Waals surface area contributed by atoms with Gasteiger partial charge in [0, 0.05) is 5.70 Å². The van der Waals surface area contributed by atoms with Crippen LogP contribution in [0.15, 0.2) is 22.6 Å². The van der Waals surface area contributed by atoms with Crippen LogP contribution in [0.4, 0.5) is 0 Å². The first-order chi connectivity index (χ1) is 9.46. The summed E-state index contributed by atoms with van der Waals surface area (Å²) in [6, 6.07) is 0. The molecule has 0 saturated carbocycles. The highest BCUT2D eigenvalue weighted by Gasteiger charge is 2.26. The fourth-order valence-electron chi connectivity index (χ4n) is 1.50. The first-order valence-corrected chi connectivity index (χ1v) is 6.61. The third-order valence-corrected chi connectivity index (χ3v) is 3.42. The molecule has 0 heterocycles. The Hall–Kier alpha value is -2.05. The lowest BCUT2D eigenvalue weighted by Crippen LogP contribution is -2.50. The Balaban J connectivity index is 4.65. The fraction of sp³-hybridized carbons (Fsp3) is 0.643. The molecule has 0 aromatic carbocycles. The molecule has 0 aromatic heterocycles. The predicted octanol–water partition coefficient (Wildman–Crippen LogP) is 1.85. The van der Waals surface area contributed by atoms with Crippen molar-refractivity contribution in [1.82, 2.24) is 10.6 Å². The molecule has 0 atom stereocenters. The summed E-state index contributed by atoms with van der Waals surface area (Å²) in [4.78, 5) is 12.0. The molecule has 0 aliphatic heterocycles. The third-order valence-electron chi connectivity index (χ3n) is 3.42. The van der Waals surface area contributed by atoms with E-state index in [0.29, 0.717) is 17.1 Å². The van der Waals surface area contributed by atoms with Crippen molar-refractivity contribution in [2.24, 2.45) is 10.3 Å². The molecule has 0 radical (unpaired) electrons. The Kier molecular flexibility index (Phi) is 6.41. The Morgan fingerprint density at radius 2 is 1.38 bits per heavy atom. The van der Waals surface area contributed by atoms with Crippen LogP contribution in [0.5, 0.6) is 0 Å².